The molecule has 0 aliphatic heterocycles. The molecule has 0 saturated heterocycles. The number of nitrogens with zero attached hydrogens (tertiary/aromatic N) is 1. The molecule has 0 heterocycles. The van der Waals surface area contributed by atoms with Gasteiger partial charge >= 0.3 is 7.82 Å². The second kappa shape index (κ2) is 62.0. The summed E-state index contributed by atoms with van der Waals surface area (Å²) < 4.78 is 23.8. The molecule has 0 aromatic heterocycles. The van der Waals surface area contributed by atoms with Gasteiger partial charge in [-0.25, -0.2) is 4.57 Å². The zero-order valence-electron chi connectivity index (χ0n) is 53.8. The van der Waals surface area contributed by atoms with Gasteiger partial charge < -0.3 is 19.8 Å². The number of phosphoric ester groups is 1. The summed E-state index contributed by atoms with van der Waals surface area (Å²) in [6, 6.07) is -0.872. The highest BCUT2D eigenvalue weighted by atomic mass is 31.2. The molecular formula is C72H132N2O6P+. The van der Waals surface area contributed by atoms with Crippen molar-refractivity contribution in [2.45, 2.75) is 315 Å². The average Bonchev–Trinajstić information content (AvgIpc) is 3.43. The monoisotopic (exact) mass is 1150 g/mol. The van der Waals surface area contributed by atoms with Crippen LogP contribution in [0.1, 0.15) is 303 Å². The molecule has 0 bridgehead atoms. The number of likely N-dealkylation sites (N-methyl/N-ethyl adjacent to an activating group) is 1. The van der Waals surface area contributed by atoms with Gasteiger partial charge in [0.15, 0.2) is 0 Å². The summed E-state index contributed by atoms with van der Waals surface area (Å²) in [6.07, 6.45) is 89.8. The number of amides is 1. The SMILES string of the molecule is CC/C=C\C/C=C\C/C=C\C/C=C\C/C=C\C/C=C\CCCCCCCCCCCCCCC(=O)NC(COP(=O)(O)OCC[N+](C)(C)C)C(O)/C=C/CC/C=C/CCCCCCCCCCCCCCCCCCCCCCCC. The molecule has 3 atom stereocenters. The van der Waals surface area contributed by atoms with Crippen LogP contribution in [0.25, 0.3) is 0 Å². The highest BCUT2D eigenvalue weighted by Gasteiger charge is 2.28. The minimum absolute atomic E-state index is 0.0523. The lowest BCUT2D eigenvalue weighted by Gasteiger charge is -2.25. The summed E-state index contributed by atoms with van der Waals surface area (Å²) in [5, 5.41) is 14.0. The normalized spacial score (nSPS) is 14.3. The molecule has 9 heteroatoms. The van der Waals surface area contributed by atoms with Gasteiger partial charge in [0, 0.05) is 6.42 Å². The lowest BCUT2D eigenvalue weighted by atomic mass is 10.0. The Hall–Kier alpha value is -2.58. The van der Waals surface area contributed by atoms with Crippen LogP contribution in [0, 0.1) is 0 Å². The van der Waals surface area contributed by atoms with Gasteiger partial charge in [-0.3, -0.25) is 13.8 Å². The molecule has 3 N–H and O–H groups in total. The molecule has 0 fully saturated rings. The van der Waals surface area contributed by atoms with Gasteiger partial charge in [-0.2, -0.15) is 0 Å². The first-order valence-electron chi connectivity index (χ1n) is 34.1. The third-order valence-electron chi connectivity index (χ3n) is 15.0. The van der Waals surface area contributed by atoms with Crippen LogP contribution >= 0.6 is 7.82 Å². The molecule has 3 unspecified atom stereocenters. The largest absolute Gasteiger partial charge is 0.472 e. The van der Waals surface area contributed by atoms with Crippen LogP contribution in [0.5, 0.6) is 0 Å². The molecule has 81 heavy (non-hydrogen) atoms. The number of carbonyl (C=O) groups is 1. The standard InChI is InChI=1S/C72H131N2O6P/c1-6-8-10-12-14-16-18-20-22-24-26-28-30-32-34-36-37-38-40-42-44-46-48-50-52-54-56-58-60-62-64-66-72(76)73-70(69-80-81(77,78)79-68-67-74(3,4)5)71(75)65-63-61-59-57-55-53-51-49-47-45-43-41-39-35-33-31-29-27-25-23-21-19-17-15-13-11-9-7-2/h8,10,14,16,20,22,26,28,32,34,37-38,55,57,63,65,70-71,75H,6-7,9,11-13,15,17-19,21,23-25,27,29-31,33,35-36,39-54,56,58-62,64,66-69H2,1-5H3,(H-,73,76,77,78)/p+1/b10-8-,16-14-,22-20-,28-26-,34-32-,38-37-,57-55+,65-63+. The Kier molecular flexibility index (Phi) is 60.0. The van der Waals surface area contributed by atoms with Gasteiger partial charge in [-0.05, 0) is 83.5 Å². The van der Waals surface area contributed by atoms with E-state index >= 15 is 0 Å². The van der Waals surface area contributed by atoms with Gasteiger partial charge in [0.05, 0.1) is 39.9 Å². The molecule has 0 aliphatic carbocycles. The number of phosphoric acid groups is 1. The molecule has 0 aromatic rings. The Labute approximate surface area is 502 Å². The number of hydrogen-bond donors (Lipinski definition) is 3. The Morgan fingerprint density at radius 2 is 0.753 bits per heavy atom. The lowest BCUT2D eigenvalue weighted by molar-refractivity contribution is -0.870. The summed E-state index contributed by atoms with van der Waals surface area (Å²) in [6.45, 7) is 4.71. The molecule has 0 rings (SSSR count). The van der Waals surface area contributed by atoms with Crippen LogP contribution in [-0.4, -0.2) is 73.4 Å². The third kappa shape index (κ3) is 64.8. The number of aliphatic hydroxyl groups is 1. The number of unbranched alkanes of at least 4 members (excludes halogenated alkanes) is 35. The number of carbonyl (C=O) groups excluding carboxylic acids is 1. The minimum atomic E-state index is -4.37. The molecule has 470 valence electrons. The predicted molar refractivity (Wildman–Crippen MR) is 355 cm³/mol. The average molecular weight is 1150 g/mol. The van der Waals surface area contributed by atoms with Gasteiger partial charge in [0.25, 0.3) is 0 Å². The van der Waals surface area contributed by atoms with Crippen LogP contribution in [0.3, 0.4) is 0 Å². The second-order valence-corrected chi connectivity index (χ2v) is 25.6. The molecular weight excluding hydrogens is 1020 g/mol. The van der Waals surface area contributed by atoms with E-state index in [0.29, 0.717) is 17.4 Å². The van der Waals surface area contributed by atoms with Crippen molar-refractivity contribution in [3.05, 3.63) is 97.2 Å². The van der Waals surface area contributed by atoms with Crippen LogP contribution in [-0.2, 0) is 18.4 Å². The Bertz CT molecular complexity index is 1640. The molecule has 0 saturated carbocycles. The number of quaternary nitrogens is 1. The maximum absolute atomic E-state index is 13.0. The predicted octanol–water partition coefficient (Wildman–Crippen LogP) is 21.7. The van der Waals surface area contributed by atoms with Gasteiger partial charge in [0.1, 0.15) is 13.2 Å². The van der Waals surface area contributed by atoms with Crippen LogP contribution in [0.15, 0.2) is 97.2 Å². The van der Waals surface area contributed by atoms with E-state index in [1.165, 1.54) is 205 Å². The fraction of sp³-hybridized carbons (Fsp3) is 0.764. The lowest BCUT2D eigenvalue weighted by Crippen LogP contribution is -2.45. The Balaban J connectivity index is 4.15. The zero-order chi connectivity index (χ0) is 59.1. The molecule has 8 nitrogen and oxygen atoms in total. The number of aliphatic hydroxyl groups excluding tert-OH is 1. The Morgan fingerprint density at radius 3 is 1.14 bits per heavy atom. The number of nitrogens with one attached hydrogen (secondary N) is 1. The van der Waals surface area contributed by atoms with E-state index in [1.54, 1.807) is 6.08 Å². The topological polar surface area (TPSA) is 105 Å². The van der Waals surface area contributed by atoms with Crippen molar-refractivity contribution in [2.75, 3.05) is 40.9 Å². The van der Waals surface area contributed by atoms with Crippen molar-refractivity contribution >= 4 is 13.7 Å². The zero-order valence-corrected chi connectivity index (χ0v) is 54.6. The van der Waals surface area contributed by atoms with Crippen LogP contribution in [0.2, 0.25) is 0 Å². The van der Waals surface area contributed by atoms with Crippen molar-refractivity contribution in [3.63, 3.8) is 0 Å². The maximum atomic E-state index is 13.0. The van der Waals surface area contributed by atoms with Crippen molar-refractivity contribution < 1.29 is 32.9 Å². The Morgan fingerprint density at radius 1 is 0.432 bits per heavy atom. The summed E-state index contributed by atoms with van der Waals surface area (Å²) in [7, 11) is 1.55. The first kappa shape index (κ1) is 78.4. The summed E-state index contributed by atoms with van der Waals surface area (Å²) >= 11 is 0. The van der Waals surface area contributed by atoms with Crippen LogP contribution < -0.4 is 5.32 Å². The maximum Gasteiger partial charge on any atom is 0.472 e. The van der Waals surface area contributed by atoms with Crippen molar-refractivity contribution in [1.29, 1.82) is 0 Å². The fourth-order valence-corrected chi connectivity index (χ4v) is 10.5. The van der Waals surface area contributed by atoms with Crippen molar-refractivity contribution in [3.8, 4) is 0 Å². The van der Waals surface area contributed by atoms with E-state index in [0.717, 1.165) is 77.0 Å². The number of allylic oxidation sites excluding steroid dienone is 15. The van der Waals surface area contributed by atoms with E-state index in [2.05, 4.69) is 104 Å². The van der Waals surface area contributed by atoms with E-state index < -0.39 is 20.0 Å². The van der Waals surface area contributed by atoms with Gasteiger partial charge in [0.2, 0.25) is 5.91 Å². The smallest absolute Gasteiger partial charge is 0.387 e. The highest BCUT2D eigenvalue weighted by molar-refractivity contribution is 7.47. The van der Waals surface area contributed by atoms with E-state index in [9.17, 15) is 19.4 Å². The third-order valence-corrected chi connectivity index (χ3v) is 16.0. The number of rotatable bonds is 62. The first-order valence-corrected chi connectivity index (χ1v) is 35.6. The number of hydrogen-bond acceptors (Lipinski definition) is 5. The molecule has 0 spiro atoms. The van der Waals surface area contributed by atoms with E-state index in [4.69, 9.17) is 9.05 Å². The minimum Gasteiger partial charge on any atom is -0.387 e. The molecule has 0 aliphatic rings. The van der Waals surface area contributed by atoms with E-state index in [1.807, 2.05) is 27.2 Å². The van der Waals surface area contributed by atoms with Crippen molar-refractivity contribution in [1.82, 2.24) is 5.32 Å². The van der Waals surface area contributed by atoms with Gasteiger partial charge in [-0.1, -0.05) is 310 Å². The molecule has 1 amide bonds. The fourth-order valence-electron chi connectivity index (χ4n) is 9.77. The first-order chi connectivity index (χ1) is 39.5. The molecule has 0 radical (unpaired) electrons. The quantitative estimate of drug-likeness (QED) is 0.0243. The molecule has 0 aromatic carbocycles. The summed E-state index contributed by atoms with van der Waals surface area (Å²) in [5.41, 5.74) is 0. The van der Waals surface area contributed by atoms with Crippen molar-refractivity contribution in [2.24, 2.45) is 0 Å². The second-order valence-electron chi connectivity index (χ2n) is 24.2. The summed E-state index contributed by atoms with van der Waals surface area (Å²) in [4.78, 5) is 23.4. The summed E-state index contributed by atoms with van der Waals surface area (Å²) in [5.74, 6) is -0.189. The van der Waals surface area contributed by atoms with Gasteiger partial charge in [-0.15, -0.1) is 0 Å². The van der Waals surface area contributed by atoms with Crippen LogP contribution in [0.4, 0.5) is 0 Å². The van der Waals surface area contributed by atoms with E-state index in [-0.39, 0.29) is 19.1 Å². The highest BCUT2D eigenvalue weighted by Crippen LogP contribution is 2.43.